The maximum Gasteiger partial charge on any atom is 0.262 e. The Balaban J connectivity index is 1.38. The fourth-order valence-corrected chi connectivity index (χ4v) is 5.02. The first-order valence-corrected chi connectivity index (χ1v) is 12.2. The molecule has 0 bridgehead atoms. The van der Waals surface area contributed by atoms with E-state index in [1.165, 1.54) is 24.2 Å². The third-order valence-electron chi connectivity index (χ3n) is 5.65. The minimum atomic E-state index is -0.595. The summed E-state index contributed by atoms with van der Waals surface area (Å²) in [6, 6.07) is 8.45. The van der Waals surface area contributed by atoms with E-state index >= 15 is 0 Å². The zero-order chi connectivity index (χ0) is 23.0. The molecule has 7 nitrogen and oxygen atoms in total. The summed E-state index contributed by atoms with van der Waals surface area (Å²) in [5.74, 6) is -0.000454. The third kappa shape index (κ3) is 6.76. The van der Waals surface area contributed by atoms with E-state index in [4.69, 9.17) is 11.6 Å². The summed E-state index contributed by atoms with van der Waals surface area (Å²) in [7, 11) is 0. The molecule has 4 rings (SSSR count). The van der Waals surface area contributed by atoms with Crippen LogP contribution < -0.4 is 16.0 Å². The second kappa shape index (κ2) is 11.2. The molecule has 3 aromatic rings. The first-order chi connectivity index (χ1) is 16.1. The molecule has 3 aromatic heterocycles. The highest BCUT2D eigenvalue weighted by molar-refractivity contribution is 7.14. The first-order valence-electron chi connectivity index (χ1n) is 11.0. The molecular weight excluding hydrogens is 458 g/mol. The quantitative estimate of drug-likeness (QED) is 0.392. The van der Waals surface area contributed by atoms with Gasteiger partial charge in [-0.1, -0.05) is 37.3 Å². The van der Waals surface area contributed by atoms with Crippen LogP contribution in [0, 0.1) is 5.92 Å². The molecule has 1 saturated carbocycles. The number of pyridine rings is 2. The Kier molecular flexibility index (Phi) is 7.91. The van der Waals surface area contributed by atoms with Crippen molar-refractivity contribution in [1.29, 1.82) is 0 Å². The molecule has 3 heterocycles. The SMILES string of the molecule is O=C(N[C@@H](CC1CCCC1)C(=O)Nc1cccnc1)c1ccc(CNc2cncc(Cl)c2)s1. The van der Waals surface area contributed by atoms with E-state index < -0.39 is 6.04 Å². The van der Waals surface area contributed by atoms with Gasteiger partial charge in [-0.2, -0.15) is 0 Å². The van der Waals surface area contributed by atoms with Gasteiger partial charge >= 0.3 is 0 Å². The van der Waals surface area contributed by atoms with Crippen molar-refractivity contribution in [3.63, 3.8) is 0 Å². The van der Waals surface area contributed by atoms with Crippen LogP contribution in [-0.2, 0) is 11.3 Å². The molecule has 1 aliphatic rings. The smallest absolute Gasteiger partial charge is 0.262 e. The molecule has 3 N–H and O–H groups in total. The Hall–Kier alpha value is -2.97. The number of hydrogen-bond acceptors (Lipinski definition) is 6. The van der Waals surface area contributed by atoms with Gasteiger partial charge in [-0.25, -0.2) is 0 Å². The molecule has 1 atom stereocenters. The molecule has 9 heteroatoms. The van der Waals surface area contributed by atoms with E-state index in [1.54, 1.807) is 49.1 Å². The number of nitrogens with one attached hydrogen (secondary N) is 3. The molecule has 172 valence electrons. The van der Waals surface area contributed by atoms with E-state index in [0.29, 0.717) is 34.5 Å². The fourth-order valence-electron chi connectivity index (χ4n) is 4.00. The van der Waals surface area contributed by atoms with Gasteiger partial charge in [-0.15, -0.1) is 11.3 Å². The summed E-state index contributed by atoms with van der Waals surface area (Å²) in [6.07, 6.45) is 11.7. The van der Waals surface area contributed by atoms with Gasteiger partial charge < -0.3 is 16.0 Å². The monoisotopic (exact) mass is 483 g/mol. The highest BCUT2D eigenvalue weighted by atomic mass is 35.5. The lowest BCUT2D eigenvalue weighted by molar-refractivity contribution is -0.118. The number of nitrogens with zero attached hydrogens (tertiary/aromatic N) is 2. The van der Waals surface area contributed by atoms with Crippen molar-refractivity contribution in [3.05, 3.63) is 69.9 Å². The average Bonchev–Trinajstić information content (AvgIpc) is 3.50. The molecule has 33 heavy (non-hydrogen) atoms. The normalized spacial score (nSPS) is 14.6. The van der Waals surface area contributed by atoms with Crippen LogP contribution in [0.5, 0.6) is 0 Å². The molecule has 0 aromatic carbocycles. The Labute approximate surface area is 202 Å². The number of thiophene rings is 1. The van der Waals surface area contributed by atoms with Gasteiger partial charge in [0.2, 0.25) is 5.91 Å². The molecule has 1 fully saturated rings. The van der Waals surface area contributed by atoms with Crippen LogP contribution in [0.25, 0.3) is 0 Å². The molecule has 2 amide bonds. The topological polar surface area (TPSA) is 96.0 Å². The van der Waals surface area contributed by atoms with Crippen LogP contribution in [0.2, 0.25) is 5.02 Å². The second-order valence-electron chi connectivity index (χ2n) is 8.15. The zero-order valence-electron chi connectivity index (χ0n) is 18.1. The summed E-state index contributed by atoms with van der Waals surface area (Å²) in [5.41, 5.74) is 1.43. The lowest BCUT2D eigenvalue weighted by Crippen LogP contribution is -2.44. The lowest BCUT2D eigenvalue weighted by Gasteiger charge is -2.21. The Morgan fingerprint density at radius 2 is 1.91 bits per heavy atom. The number of rotatable bonds is 9. The molecule has 0 saturated heterocycles. The van der Waals surface area contributed by atoms with Crippen LogP contribution in [-0.4, -0.2) is 27.8 Å². The number of anilines is 2. The van der Waals surface area contributed by atoms with Crippen molar-refractivity contribution in [1.82, 2.24) is 15.3 Å². The molecule has 0 aliphatic heterocycles. The van der Waals surface area contributed by atoms with Crippen molar-refractivity contribution in [2.75, 3.05) is 10.6 Å². The van der Waals surface area contributed by atoms with Crippen molar-refractivity contribution in [3.8, 4) is 0 Å². The summed E-state index contributed by atoms with van der Waals surface area (Å²) < 4.78 is 0. The van der Waals surface area contributed by atoms with Crippen molar-refractivity contribution >= 4 is 46.1 Å². The summed E-state index contributed by atoms with van der Waals surface area (Å²) in [6.45, 7) is 0.549. The number of halogens is 1. The van der Waals surface area contributed by atoms with E-state index in [-0.39, 0.29) is 11.8 Å². The van der Waals surface area contributed by atoms with E-state index in [2.05, 4.69) is 25.9 Å². The fraction of sp³-hybridized carbons (Fsp3) is 0.333. The zero-order valence-corrected chi connectivity index (χ0v) is 19.7. The van der Waals surface area contributed by atoms with Crippen LogP contribution in [0.3, 0.4) is 0 Å². The molecular formula is C24H26ClN5O2S. The number of hydrogen-bond donors (Lipinski definition) is 3. The van der Waals surface area contributed by atoms with Gasteiger partial charge in [0.25, 0.3) is 5.91 Å². The lowest BCUT2D eigenvalue weighted by atomic mass is 9.97. The highest BCUT2D eigenvalue weighted by Gasteiger charge is 2.27. The largest absolute Gasteiger partial charge is 0.379 e. The van der Waals surface area contributed by atoms with Gasteiger partial charge in [0.15, 0.2) is 0 Å². The molecule has 0 radical (unpaired) electrons. The average molecular weight is 484 g/mol. The van der Waals surface area contributed by atoms with Crippen molar-refractivity contribution < 1.29 is 9.59 Å². The van der Waals surface area contributed by atoms with Gasteiger partial charge in [0, 0.05) is 23.8 Å². The molecule has 0 unspecified atom stereocenters. The minimum absolute atomic E-state index is 0.213. The molecule has 0 spiro atoms. The maximum absolute atomic E-state index is 13.0. The van der Waals surface area contributed by atoms with Gasteiger partial charge in [-0.3, -0.25) is 19.6 Å². The van der Waals surface area contributed by atoms with Crippen molar-refractivity contribution in [2.24, 2.45) is 5.92 Å². The van der Waals surface area contributed by atoms with Crippen molar-refractivity contribution in [2.45, 2.75) is 44.7 Å². The van der Waals surface area contributed by atoms with Crippen LogP contribution in [0.15, 0.2) is 55.1 Å². The Morgan fingerprint density at radius 3 is 2.67 bits per heavy atom. The predicted octanol–water partition coefficient (Wildman–Crippen LogP) is 5.12. The Morgan fingerprint density at radius 1 is 1.09 bits per heavy atom. The number of aromatic nitrogens is 2. The van der Waals surface area contributed by atoms with Gasteiger partial charge in [-0.05, 0) is 42.7 Å². The number of carbonyl (C=O) groups excluding carboxylic acids is 2. The highest BCUT2D eigenvalue weighted by Crippen LogP contribution is 2.29. The number of carbonyl (C=O) groups is 2. The maximum atomic E-state index is 13.0. The van der Waals surface area contributed by atoms with Gasteiger partial charge in [0.1, 0.15) is 6.04 Å². The standard InChI is InChI=1S/C24H26ClN5O2S/c25-17-11-19(14-27-12-17)28-15-20-7-8-22(33-20)24(32)30-21(10-16-4-1-2-5-16)23(31)29-18-6-3-9-26-13-18/h3,6-9,11-14,16,21,28H,1-2,4-5,10,15H2,(H,29,31)(H,30,32)/t21-/m0/s1. The summed E-state index contributed by atoms with van der Waals surface area (Å²) in [5, 5.41) is 9.66. The number of amides is 2. The third-order valence-corrected chi connectivity index (χ3v) is 6.94. The van der Waals surface area contributed by atoms with E-state index in [9.17, 15) is 9.59 Å². The molecule has 1 aliphatic carbocycles. The van der Waals surface area contributed by atoms with E-state index in [0.717, 1.165) is 23.4 Å². The predicted molar refractivity (Wildman–Crippen MR) is 132 cm³/mol. The minimum Gasteiger partial charge on any atom is -0.379 e. The summed E-state index contributed by atoms with van der Waals surface area (Å²) >= 11 is 7.36. The van der Waals surface area contributed by atoms with Crippen LogP contribution in [0.1, 0.15) is 46.7 Å². The van der Waals surface area contributed by atoms with Crippen LogP contribution in [0.4, 0.5) is 11.4 Å². The Bertz CT molecular complexity index is 1090. The summed E-state index contributed by atoms with van der Waals surface area (Å²) in [4.78, 5) is 35.6. The van der Waals surface area contributed by atoms with Crippen LogP contribution >= 0.6 is 22.9 Å². The van der Waals surface area contributed by atoms with E-state index in [1.807, 2.05) is 6.07 Å². The second-order valence-corrected chi connectivity index (χ2v) is 9.76. The van der Waals surface area contributed by atoms with Gasteiger partial charge in [0.05, 0.1) is 33.7 Å². The first kappa shape index (κ1) is 23.2.